The van der Waals surface area contributed by atoms with Gasteiger partial charge in [-0.3, -0.25) is 4.90 Å². The molecule has 0 saturated carbocycles. The van der Waals surface area contributed by atoms with Crippen LogP contribution in [0.2, 0.25) is 0 Å². The zero-order chi connectivity index (χ0) is 18.2. The molecule has 0 unspecified atom stereocenters. The number of piperazine rings is 1. The van der Waals surface area contributed by atoms with E-state index in [9.17, 15) is 0 Å². The van der Waals surface area contributed by atoms with Crippen molar-refractivity contribution in [3.8, 4) is 0 Å². The molecular weight excluding hydrogens is 374 g/mol. The molecule has 4 heterocycles. The minimum Gasteiger partial charge on any atom is -0.353 e. The Morgan fingerprint density at radius 2 is 1.85 bits per heavy atom. The largest absolute Gasteiger partial charge is 0.353 e. The highest BCUT2D eigenvalue weighted by Gasteiger charge is 2.22. The van der Waals surface area contributed by atoms with Gasteiger partial charge in [0.1, 0.15) is 21.5 Å². The fourth-order valence-electron chi connectivity index (χ4n) is 3.58. The summed E-state index contributed by atoms with van der Waals surface area (Å²) in [4.78, 5) is 20.3. The SMILES string of the molecule is CCc1nc(N2CCN(Cc3nc4ccccc4s3)CC2)c2ccsc2n1. The summed E-state index contributed by atoms with van der Waals surface area (Å²) in [6, 6.07) is 10.5. The van der Waals surface area contributed by atoms with Crippen LogP contribution in [0.25, 0.3) is 20.4 Å². The summed E-state index contributed by atoms with van der Waals surface area (Å²) >= 11 is 3.51. The van der Waals surface area contributed by atoms with E-state index in [4.69, 9.17) is 9.97 Å². The van der Waals surface area contributed by atoms with Crippen molar-refractivity contribution in [2.75, 3.05) is 31.1 Å². The second-order valence-electron chi connectivity index (χ2n) is 6.79. The van der Waals surface area contributed by atoms with Crippen LogP contribution in [0.3, 0.4) is 0 Å². The van der Waals surface area contributed by atoms with Gasteiger partial charge in [-0.05, 0) is 23.6 Å². The van der Waals surface area contributed by atoms with E-state index in [0.29, 0.717) is 0 Å². The van der Waals surface area contributed by atoms with Crippen LogP contribution in [0.1, 0.15) is 17.8 Å². The maximum atomic E-state index is 4.85. The number of thiazole rings is 1. The smallest absolute Gasteiger partial charge is 0.141 e. The fourth-order valence-corrected chi connectivity index (χ4v) is 5.37. The Morgan fingerprint density at radius 3 is 2.67 bits per heavy atom. The number of thiophene rings is 1. The van der Waals surface area contributed by atoms with Crippen LogP contribution in [0.5, 0.6) is 0 Å². The Kier molecular flexibility index (Phi) is 4.51. The highest BCUT2D eigenvalue weighted by molar-refractivity contribution is 7.18. The maximum Gasteiger partial charge on any atom is 0.141 e. The summed E-state index contributed by atoms with van der Waals surface area (Å²) in [5, 5.41) is 4.52. The predicted octanol–water partition coefficient (Wildman–Crippen LogP) is 4.19. The number of aromatic nitrogens is 3. The summed E-state index contributed by atoms with van der Waals surface area (Å²) in [5.74, 6) is 2.05. The monoisotopic (exact) mass is 395 g/mol. The van der Waals surface area contributed by atoms with Gasteiger partial charge in [0.25, 0.3) is 0 Å². The molecule has 0 spiro atoms. The molecular formula is C20H21N5S2. The molecule has 0 N–H and O–H groups in total. The van der Waals surface area contributed by atoms with Crippen molar-refractivity contribution in [1.82, 2.24) is 19.9 Å². The molecule has 1 aliphatic rings. The van der Waals surface area contributed by atoms with Crippen LogP contribution < -0.4 is 4.90 Å². The summed E-state index contributed by atoms with van der Waals surface area (Å²) in [6.07, 6.45) is 0.873. The number of para-hydroxylation sites is 1. The van der Waals surface area contributed by atoms with Gasteiger partial charge in [-0.1, -0.05) is 19.1 Å². The first-order valence-electron chi connectivity index (χ1n) is 9.36. The minimum atomic E-state index is 0.873. The standard InChI is InChI=1S/C20H21N5S2/c1-2-17-22-19(14-7-12-26-20(14)23-17)25-10-8-24(9-11-25)13-18-21-15-5-3-4-6-16(15)27-18/h3-7,12H,2,8-11,13H2,1H3. The summed E-state index contributed by atoms with van der Waals surface area (Å²) in [6.45, 7) is 7.12. The van der Waals surface area contributed by atoms with E-state index in [0.717, 1.165) is 61.1 Å². The highest BCUT2D eigenvalue weighted by Crippen LogP contribution is 2.29. The molecule has 0 aliphatic carbocycles. The molecule has 1 aliphatic heterocycles. The number of hydrogen-bond donors (Lipinski definition) is 0. The maximum absolute atomic E-state index is 4.85. The lowest BCUT2D eigenvalue weighted by molar-refractivity contribution is 0.249. The quantitative estimate of drug-likeness (QED) is 0.519. The van der Waals surface area contributed by atoms with Crippen molar-refractivity contribution in [2.45, 2.75) is 19.9 Å². The fraction of sp³-hybridized carbons (Fsp3) is 0.350. The third kappa shape index (κ3) is 3.31. The Hall–Kier alpha value is -2.09. The molecule has 27 heavy (non-hydrogen) atoms. The van der Waals surface area contributed by atoms with E-state index in [1.807, 2.05) is 11.3 Å². The van der Waals surface area contributed by atoms with Crippen molar-refractivity contribution >= 4 is 48.9 Å². The van der Waals surface area contributed by atoms with Gasteiger partial charge in [-0.2, -0.15) is 0 Å². The Morgan fingerprint density at radius 1 is 1.00 bits per heavy atom. The molecule has 7 heteroatoms. The third-order valence-corrected chi connectivity index (χ3v) is 6.86. The molecule has 0 bridgehead atoms. The topological polar surface area (TPSA) is 45.2 Å². The van der Waals surface area contributed by atoms with Crippen molar-refractivity contribution in [3.05, 3.63) is 46.5 Å². The second kappa shape index (κ2) is 7.14. The summed E-state index contributed by atoms with van der Waals surface area (Å²) < 4.78 is 1.28. The first-order valence-corrected chi connectivity index (χ1v) is 11.1. The van der Waals surface area contributed by atoms with Gasteiger partial charge in [0, 0.05) is 32.6 Å². The zero-order valence-corrected chi connectivity index (χ0v) is 16.9. The van der Waals surface area contributed by atoms with E-state index >= 15 is 0 Å². The van der Waals surface area contributed by atoms with Crippen molar-refractivity contribution in [1.29, 1.82) is 0 Å². The number of benzene rings is 1. The van der Waals surface area contributed by atoms with E-state index < -0.39 is 0 Å². The van der Waals surface area contributed by atoms with Gasteiger partial charge in [0.2, 0.25) is 0 Å². The number of nitrogens with zero attached hydrogens (tertiary/aromatic N) is 5. The molecule has 1 aromatic carbocycles. The van der Waals surface area contributed by atoms with Crippen LogP contribution in [0.15, 0.2) is 35.7 Å². The van der Waals surface area contributed by atoms with E-state index in [2.05, 4.69) is 57.4 Å². The van der Waals surface area contributed by atoms with E-state index in [1.165, 1.54) is 15.1 Å². The minimum absolute atomic E-state index is 0.873. The predicted molar refractivity (Wildman–Crippen MR) is 114 cm³/mol. The lowest BCUT2D eigenvalue weighted by Gasteiger charge is -2.35. The second-order valence-corrected chi connectivity index (χ2v) is 8.80. The Balaban J connectivity index is 1.31. The molecule has 1 saturated heterocycles. The lowest BCUT2D eigenvalue weighted by Crippen LogP contribution is -2.46. The molecule has 0 amide bonds. The average molecular weight is 396 g/mol. The molecule has 138 valence electrons. The van der Waals surface area contributed by atoms with Crippen molar-refractivity contribution in [2.24, 2.45) is 0 Å². The normalized spacial score (nSPS) is 15.8. The highest BCUT2D eigenvalue weighted by atomic mass is 32.1. The number of hydrogen-bond acceptors (Lipinski definition) is 7. The van der Waals surface area contributed by atoms with Gasteiger partial charge in [-0.25, -0.2) is 15.0 Å². The molecule has 5 rings (SSSR count). The molecule has 3 aromatic heterocycles. The molecule has 0 radical (unpaired) electrons. The average Bonchev–Trinajstić information content (AvgIpc) is 3.33. The third-order valence-electron chi connectivity index (χ3n) is 5.04. The van der Waals surface area contributed by atoms with Crippen LogP contribution in [0, 0.1) is 0 Å². The molecule has 4 aromatic rings. The van der Waals surface area contributed by atoms with Crippen LogP contribution in [-0.4, -0.2) is 46.0 Å². The van der Waals surface area contributed by atoms with E-state index in [-0.39, 0.29) is 0 Å². The van der Waals surface area contributed by atoms with Crippen LogP contribution in [-0.2, 0) is 13.0 Å². The number of rotatable bonds is 4. The van der Waals surface area contributed by atoms with Gasteiger partial charge < -0.3 is 4.90 Å². The Labute approximate surface area is 166 Å². The van der Waals surface area contributed by atoms with Crippen molar-refractivity contribution in [3.63, 3.8) is 0 Å². The van der Waals surface area contributed by atoms with E-state index in [1.54, 1.807) is 11.3 Å². The van der Waals surface area contributed by atoms with Crippen LogP contribution >= 0.6 is 22.7 Å². The van der Waals surface area contributed by atoms with Crippen molar-refractivity contribution < 1.29 is 0 Å². The summed E-state index contributed by atoms with van der Waals surface area (Å²) in [5.41, 5.74) is 1.11. The molecule has 1 fully saturated rings. The number of fused-ring (bicyclic) bond motifs is 2. The zero-order valence-electron chi connectivity index (χ0n) is 15.3. The first-order chi connectivity index (χ1) is 13.3. The lowest BCUT2D eigenvalue weighted by atomic mass is 10.2. The molecule has 0 atom stereocenters. The number of aryl methyl sites for hydroxylation is 1. The molecule has 5 nitrogen and oxygen atoms in total. The van der Waals surface area contributed by atoms with Crippen LogP contribution in [0.4, 0.5) is 5.82 Å². The van der Waals surface area contributed by atoms with Gasteiger partial charge in [-0.15, -0.1) is 22.7 Å². The van der Waals surface area contributed by atoms with Gasteiger partial charge in [0.05, 0.1) is 22.1 Å². The summed E-state index contributed by atoms with van der Waals surface area (Å²) in [7, 11) is 0. The number of anilines is 1. The van der Waals surface area contributed by atoms with Gasteiger partial charge in [0.15, 0.2) is 0 Å². The Bertz CT molecular complexity index is 1050. The first kappa shape index (κ1) is 17.0. The van der Waals surface area contributed by atoms with Gasteiger partial charge >= 0.3 is 0 Å².